The summed E-state index contributed by atoms with van der Waals surface area (Å²) in [5.74, 6) is 0. The van der Waals surface area contributed by atoms with E-state index in [4.69, 9.17) is 0 Å². The normalized spacial score (nSPS) is 11.4. The lowest BCUT2D eigenvalue weighted by Crippen LogP contribution is -2.13. The van der Waals surface area contributed by atoms with Gasteiger partial charge in [-0.05, 0) is 6.42 Å². The minimum absolute atomic E-state index is 0.188. The van der Waals surface area contributed by atoms with E-state index >= 15 is 0 Å². The van der Waals surface area contributed by atoms with Crippen LogP contribution in [0.25, 0.3) is 0 Å². The highest BCUT2D eigenvalue weighted by Crippen LogP contribution is 2.17. The van der Waals surface area contributed by atoms with E-state index in [2.05, 4.69) is 6.58 Å². The number of unbranched alkanes of at least 4 members (excludes halogenated alkanes) is 1. The van der Waals surface area contributed by atoms with Crippen LogP contribution in [0.5, 0.6) is 0 Å². The van der Waals surface area contributed by atoms with E-state index in [9.17, 15) is 12.9 Å². The second-order valence-corrected chi connectivity index (χ2v) is 1.93. The predicted octanol–water partition coefficient (Wildman–Crippen LogP) is 2.80. The molecule has 0 saturated carbocycles. The maximum atomic E-state index is 11.4. The third-order valence-electron chi connectivity index (χ3n) is 0.940. The van der Waals surface area contributed by atoms with Crippen molar-refractivity contribution in [3.05, 3.63) is 12.7 Å². The van der Waals surface area contributed by atoms with E-state index in [0.29, 0.717) is 6.42 Å². The number of rotatable bonds is 4. The van der Waals surface area contributed by atoms with Crippen LogP contribution in [0, 0.1) is 0 Å². The van der Waals surface area contributed by atoms with Crippen molar-refractivity contribution in [2.75, 3.05) is 0 Å². The van der Waals surface area contributed by atoms with Crippen molar-refractivity contribution in [2.45, 2.75) is 19.2 Å². The highest BCUT2D eigenvalue weighted by Gasteiger charge is 2.20. The molecular weight excluding hydrogens is 128 g/mol. The summed E-state index contributed by atoms with van der Waals surface area (Å²) >= 11 is 0. The summed E-state index contributed by atoms with van der Waals surface area (Å²) in [6.45, 7) is -1.24. The SMILES string of the molecule is C=CCCC[B-](F)(F)F. The summed E-state index contributed by atoms with van der Waals surface area (Å²) in [5, 5.41) is 0. The van der Waals surface area contributed by atoms with Gasteiger partial charge in [0.25, 0.3) is 0 Å². The molecule has 0 rings (SSSR count). The third-order valence-corrected chi connectivity index (χ3v) is 0.940. The molecule has 0 atom stereocenters. The highest BCUT2D eigenvalue weighted by atomic mass is 19.4. The van der Waals surface area contributed by atoms with Crippen molar-refractivity contribution in [1.29, 1.82) is 0 Å². The van der Waals surface area contributed by atoms with Gasteiger partial charge in [-0.1, -0.05) is 18.8 Å². The molecule has 0 aromatic rings. The van der Waals surface area contributed by atoms with Crippen molar-refractivity contribution in [3.8, 4) is 0 Å². The Morgan fingerprint density at radius 3 is 2.22 bits per heavy atom. The Hall–Kier alpha value is -0.405. The molecule has 0 N–H and O–H groups in total. The van der Waals surface area contributed by atoms with Gasteiger partial charge < -0.3 is 12.9 Å². The minimum Gasteiger partial charge on any atom is -0.449 e. The van der Waals surface area contributed by atoms with Crippen LogP contribution < -0.4 is 0 Å². The van der Waals surface area contributed by atoms with Crippen molar-refractivity contribution in [1.82, 2.24) is 0 Å². The van der Waals surface area contributed by atoms with Crippen LogP contribution in [0.15, 0.2) is 12.7 Å². The smallest absolute Gasteiger partial charge is 0.449 e. The summed E-state index contributed by atoms with van der Waals surface area (Å²) in [4.78, 5) is 0. The van der Waals surface area contributed by atoms with Gasteiger partial charge in [0.15, 0.2) is 0 Å². The zero-order valence-corrected chi connectivity index (χ0v) is 5.12. The van der Waals surface area contributed by atoms with Gasteiger partial charge >= 0.3 is 6.98 Å². The Kier molecular flexibility index (Phi) is 3.43. The standard InChI is InChI=1S/C5H9BF3/c1-2-3-4-5-6(7,8)9/h2H,1,3-5H2/q-1. The van der Waals surface area contributed by atoms with Crippen molar-refractivity contribution >= 4 is 6.98 Å². The fourth-order valence-electron chi connectivity index (χ4n) is 0.494. The van der Waals surface area contributed by atoms with E-state index in [0.717, 1.165) is 0 Å². The van der Waals surface area contributed by atoms with Gasteiger partial charge in [-0.3, -0.25) is 0 Å². The Bertz CT molecular complexity index is 86.7. The molecule has 0 aromatic carbocycles. The van der Waals surface area contributed by atoms with E-state index in [-0.39, 0.29) is 6.42 Å². The first kappa shape index (κ1) is 8.59. The molecule has 54 valence electrons. The van der Waals surface area contributed by atoms with Crippen molar-refractivity contribution < 1.29 is 12.9 Å². The molecule has 0 aliphatic rings. The number of hydrogen-bond acceptors (Lipinski definition) is 0. The quantitative estimate of drug-likeness (QED) is 0.317. The third kappa shape index (κ3) is 7.59. The Morgan fingerprint density at radius 1 is 1.33 bits per heavy atom. The zero-order valence-electron chi connectivity index (χ0n) is 5.12. The van der Waals surface area contributed by atoms with Gasteiger partial charge in [-0.15, -0.1) is 6.58 Å². The molecule has 0 heterocycles. The van der Waals surface area contributed by atoms with E-state index in [1.54, 1.807) is 0 Å². The fourth-order valence-corrected chi connectivity index (χ4v) is 0.494. The average molecular weight is 137 g/mol. The number of allylic oxidation sites excluding steroid dienone is 1. The van der Waals surface area contributed by atoms with Crippen LogP contribution in [-0.4, -0.2) is 6.98 Å². The van der Waals surface area contributed by atoms with Crippen LogP contribution in [-0.2, 0) is 0 Å². The maximum Gasteiger partial charge on any atom is 0.478 e. The molecule has 0 saturated heterocycles. The van der Waals surface area contributed by atoms with Crippen molar-refractivity contribution in [3.63, 3.8) is 0 Å². The van der Waals surface area contributed by atoms with Gasteiger partial charge in [-0.2, -0.15) is 0 Å². The molecule has 0 radical (unpaired) electrons. The number of hydrogen-bond donors (Lipinski definition) is 0. The molecule has 0 aliphatic heterocycles. The minimum atomic E-state index is -4.56. The van der Waals surface area contributed by atoms with Crippen LogP contribution in [0.1, 0.15) is 12.8 Å². The molecule has 0 bridgehead atoms. The van der Waals surface area contributed by atoms with Crippen LogP contribution >= 0.6 is 0 Å². The first-order valence-corrected chi connectivity index (χ1v) is 2.88. The molecule has 0 aliphatic carbocycles. The summed E-state index contributed by atoms with van der Waals surface area (Å²) in [5.41, 5.74) is 0. The van der Waals surface area contributed by atoms with Gasteiger partial charge in [0.1, 0.15) is 0 Å². The number of halogens is 3. The summed E-state index contributed by atoms with van der Waals surface area (Å²) in [6.07, 6.45) is 1.52. The Morgan fingerprint density at radius 2 is 1.89 bits per heavy atom. The summed E-state index contributed by atoms with van der Waals surface area (Å²) in [7, 11) is 0. The fraction of sp³-hybridized carbons (Fsp3) is 0.600. The first-order valence-electron chi connectivity index (χ1n) is 2.88. The molecule has 0 amide bonds. The summed E-state index contributed by atoms with van der Waals surface area (Å²) < 4.78 is 34.2. The maximum absolute atomic E-state index is 11.4. The lowest BCUT2D eigenvalue weighted by molar-refractivity contribution is 0.464. The topological polar surface area (TPSA) is 0 Å². The largest absolute Gasteiger partial charge is 0.478 e. The zero-order chi connectivity index (χ0) is 7.33. The Balaban J connectivity index is 3.17. The molecule has 0 nitrogen and oxygen atoms in total. The van der Waals surface area contributed by atoms with Gasteiger partial charge in [0, 0.05) is 0 Å². The van der Waals surface area contributed by atoms with Gasteiger partial charge in [0.05, 0.1) is 0 Å². The molecule has 9 heavy (non-hydrogen) atoms. The van der Waals surface area contributed by atoms with E-state index < -0.39 is 13.3 Å². The predicted molar refractivity (Wildman–Crippen MR) is 33.3 cm³/mol. The van der Waals surface area contributed by atoms with Gasteiger partial charge in [-0.25, -0.2) is 0 Å². The van der Waals surface area contributed by atoms with Crippen LogP contribution in [0.3, 0.4) is 0 Å². The Labute approximate surface area is 52.8 Å². The molecular formula is C5H9BF3-. The highest BCUT2D eigenvalue weighted by molar-refractivity contribution is 6.58. The van der Waals surface area contributed by atoms with Gasteiger partial charge in [0.2, 0.25) is 0 Å². The lowest BCUT2D eigenvalue weighted by Gasteiger charge is -2.11. The van der Waals surface area contributed by atoms with Crippen molar-refractivity contribution in [2.24, 2.45) is 0 Å². The van der Waals surface area contributed by atoms with Crippen LogP contribution in [0.2, 0.25) is 6.32 Å². The molecule has 0 spiro atoms. The van der Waals surface area contributed by atoms with E-state index in [1.807, 2.05) is 0 Å². The molecule has 0 aromatic heterocycles. The second-order valence-electron chi connectivity index (χ2n) is 1.93. The molecule has 4 heteroatoms. The van der Waals surface area contributed by atoms with Crippen LogP contribution in [0.4, 0.5) is 12.9 Å². The molecule has 0 fully saturated rings. The second kappa shape index (κ2) is 3.59. The summed E-state index contributed by atoms with van der Waals surface area (Å²) in [6, 6.07) is 0. The molecule has 0 unspecified atom stereocenters. The lowest BCUT2D eigenvalue weighted by atomic mass is 9.84. The van der Waals surface area contributed by atoms with E-state index in [1.165, 1.54) is 6.08 Å². The first-order chi connectivity index (χ1) is 4.06. The monoisotopic (exact) mass is 137 g/mol. The average Bonchev–Trinajstić information content (AvgIpc) is 1.63.